The molecule has 2 rings (SSSR count). The first-order chi connectivity index (χ1) is 9.16. The second-order valence-electron chi connectivity index (χ2n) is 4.31. The lowest BCUT2D eigenvalue weighted by molar-refractivity contribution is -0.385. The third-order valence-electron chi connectivity index (χ3n) is 2.80. The number of rotatable bonds is 5. The third kappa shape index (κ3) is 3.55. The van der Waals surface area contributed by atoms with Crippen molar-refractivity contribution in [2.45, 2.75) is 13.3 Å². The molecule has 0 aliphatic heterocycles. The number of ether oxygens (including phenoxy) is 1. The average molecular weight is 257 g/mol. The van der Waals surface area contributed by atoms with Gasteiger partial charge in [0.05, 0.1) is 11.5 Å². The van der Waals surface area contributed by atoms with E-state index in [-0.39, 0.29) is 5.69 Å². The van der Waals surface area contributed by atoms with Crippen molar-refractivity contribution in [1.29, 1.82) is 0 Å². The number of hydrogen-bond acceptors (Lipinski definition) is 3. The quantitative estimate of drug-likeness (QED) is 0.608. The first-order valence-corrected chi connectivity index (χ1v) is 6.08. The summed E-state index contributed by atoms with van der Waals surface area (Å²) in [6, 6.07) is 14.8. The predicted octanol–water partition coefficient (Wildman–Crippen LogP) is 3.52. The van der Waals surface area contributed by atoms with Gasteiger partial charge < -0.3 is 4.74 Å². The zero-order chi connectivity index (χ0) is 13.7. The highest BCUT2D eigenvalue weighted by Crippen LogP contribution is 2.27. The van der Waals surface area contributed by atoms with Gasteiger partial charge in [0.15, 0.2) is 5.75 Å². The molecule has 0 spiro atoms. The van der Waals surface area contributed by atoms with Crippen LogP contribution >= 0.6 is 0 Å². The molecule has 4 nitrogen and oxygen atoms in total. The monoisotopic (exact) mass is 257 g/mol. The molecule has 2 aromatic rings. The highest BCUT2D eigenvalue weighted by molar-refractivity contribution is 5.48. The molecule has 19 heavy (non-hydrogen) atoms. The Kier molecular flexibility index (Phi) is 4.13. The molecule has 0 saturated carbocycles. The molecule has 0 radical (unpaired) electrons. The van der Waals surface area contributed by atoms with Gasteiger partial charge in [-0.2, -0.15) is 0 Å². The Balaban J connectivity index is 2.03. The summed E-state index contributed by atoms with van der Waals surface area (Å²) in [5.74, 6) is 0.334. The maximum Gasteiger partial charge on any atom is 0.310 e. The van der Waals surface area contributed by atoms with Crippen LogP contribution < -0.4 is 4.74 Å². The minimum Gasteiger partial charge on any atom is -0.486 e. The number of nitro groups is 1. The molecule has 0 fully saturated rings. The van der Waals surface area contributed by atoms with E-state index in [0.717, 1.165) is 17.5 Å². The Morgan fingerprint density at radius 2 is 1.89 bits per heavy atom. The van der Waals surface area contributed by atoms with Crippen LogP contribution in [-0.2, 0) is 6.42 Å². The summed E-state index contributed by atoms with van der Waals surface area (Å²) in [5, 5.41) is 10.9. The van der Waals surface area contributed by atoms with E-state index in [9.17, 15) is 10.1 Å². The van der Waals surface area contributed by atoms with Crippen LogP contribution in [0, 0.1) is 17.0 Å². The first kappa shape index (κ1) is 13.1. The maximum absolute atomic E-state index is 10.9. The van der Waals surface area contributed by atoms with Gasteiger partial charge >= 0.3 is 5.69 Å². The predicted molar refractivity (Wildman–Crippen MR) is 73.5 cm³/mol. The van der Waals surface area contributed by atoms with E-state index >= 15 is 0 Å². The molecule has 0 aromatic heterocycles. The van der Waals surface area contributed by atoms with E-state index in [0.29, 0.717) is 12.4 Å². The molecular formula is C15H15NO3. The Morgan fingerprint density at radius 1 is 1.16 bits per heavy atom. The molecule has 0 atom stereocenters. The van der Waals surface area contributed by atoms with Crippen molar-refractivity contribution in [3.8, 4) is 5.75 Å². The Bertz CT molecular complexity index is 567. The molecule has 0 aliphatic rings. The fourth-order valence-electron chi connectivity index (χ4n) is 1.81. The van der Waals surface area contributed by atoms with Gasteiger partial charge in [0.1, 0.15) is 0 Å². The van der Waals surface area contributed by atoms with Crippen molar-refractivity contribution < 1.29 is 9.66 Å². The summed E-state index contributed by atoms with van der Waals surface area (Å²) < 4.78 is 5.54. The van der Waals surface area contributed by atoms with Crippen molar-refractivity contribution in [1.82, 2.24) is 0 Å². The van der Waals surface area contributed by atoms with Gasteiger partial charge in [0.25, 0.3) is 0 Å². The Morgan fingerprint density at radius 3 is 2.58 bits per heavy atom. The third-order valence-corrected chi connectivity index (χ3v) is 2.80. The molecule has 0 heterocycles. The SMILES string of the molecule is Cc1ccc([N+](=O)[O-])c(OCCc2ccccc2)c1. The van der Waals surface area contributed by atoms with Gasteiger partial charge in [-0.3, -0.25) is 10.1 Å². The minimum atomic E-state index is -0.419. The highest BCUT2D eigenvalue weighted by atomic mass is 16.6. The van der Waals surface area contributed by atoms with E-state index in [1.165, 1.54) is 6.07 Å². The van der Waals surface area contributed by atoms with Crippen molar-refractivity contribution in [2.75, 3.05) is 6.61 Å². The van der Waals surface area contributed by atoms with Crippen molar-refractivity contribution in [3.05, 3.63) is 69.8 Å². The van der Waals surface area contributed by atoms with E-state index in [1.807, 2.05) is 37.3 Å². The molecule has 0 saturated heterocycles. The molecule has 98 valence electrons. The van der Waals surface area contributed by atoms with E-state index in [2.05, 4.69) is 0 Å². The molecule has 0 aliphatic carbocycles. The maximum atomic E-state index is 10.9. The van der Waals surface area contributed by atoms with E-state index in [4.69, 9.17) is 4.74 Å². The lowest BCUT2D eigenvalue weighted by Gasteiger charge is -2.07. The zero-order valence-corrected chi connectivity index (χ0v) is 10.7. The standard InChI is InChI=1S/C15H15NO3/c1-12-7-8-14(16(17)18)15(11-12)19-10-9-13-5-3-2-4-6-13/h2-8,11H,9-10H2,1H3. The lowest BCUT2D eigenvalue weighted by atomic mass is 10.2. The summed E-state index contributed by atoms with van der Waals surface area (Å²) in [7, 11) is 0. The number of benzene rings is 2. The van der Waals surface area contributed by atoms with Crippen LogP contribution in [0.1, 0.15) is 11.1 Å². The van der Waals surface area contributed by atoms with Crippen LogP contribution in [0.5, 0.6) is 5.75 Å². The number of aryl methyl sites for hydroxylation is 1. The molecule has 0 N–H and O–H groups in total. The van der Waals surface area contributed by atoms with E-state index in [1.54, 1.807) is 12.1 Å². The Hall–Kier alpha value is -2.36. The van der Waals surface area contributed by atoms with Gasteiger partial charge in [0, 0.05) is 12.5 Å². The van der Waals surface area contributed by atoms with Crippen molar-refractivity contribution >= 4 is 5.69 Å². The van der Waals surface area contributed by atoms with Crippen LogP contribution in [0.3, 0.4) is 0 Å². The second-order valence-corrected chi connectivity index (χ2v) is 4.31. The largest absolute Gasteiger partial charge is 0.486 e. The molecule has 0 amide bonds. The van der Waals surface area contributed by atoms with Crippen LogP contribution in [-0.4, -0.2) is 11.5 Å². The number of hydrogen-bond donors (Lipinski definition) is 0. The fraction of sp³-hybridized carbons (Fsp3) is 0.200. The second kappa shape index (κ2) is 6.00. The highest BCUT2D eigenvalue weighted by Gasteiger charge is 2.14. The fourth-order valence-corrected chi connectivity index (χ4v) is 1.81. The molecule has 0 unspecified atom stereocenters. The average Bonchev–Trinajstić information content (AvgIpc) is 2.39. The van der Waals surface area contributed by atoms with Crippen LogP contribution in [0.15, 0.2) is 48.5 Å². The summed E-state index contributed by atoms with van der Waals surface area (Å²) >= 11 is 0. The topological polar surface area (TPSA) is 52.4 Å². The summed E-state index contributed by atoms with van der Waals surface area (Å²) in [5.41, 5.74) is 2.11. The minimum absolute atomic E-state index is 0.0126. The number of nitrogens with zero attached hydrogens (tertiary/aromatic N) is 1. The van der Waals surface area contributed by atoms with Gasteiger partial charge in [-0.1, -0.05) is 36.4 Å². The summed E-state index contributed by atoms with van der Waals surface area (Å²) in [6.45, 7) is 2.31. The van der Waals surface area contributed by atoms with Gasteiger partial charge in [-0.25, -0.2) is 0 Å². The Labute approximate surface area is 111 Å². The smallest absolute Gasteiger partial charge is 0.310 e. The molecule has 2 aromatic carbocycles. The molecule has 4 heteroatoms. The normalized spacial score (nSPS) is 10.2. The zero-order valence-electron chi connectivity index (χ0n) is 10.7. The molecule has 0 bridgehead atoms. The van der Waals surface area contributed by atoms with Crippen LogP contribution in [0.25, 0.3) is 0 Å². The van der Waals surface area contributed by atoms with Gasteiger partial charge in [-0.15, -0.1) is 0 Å². The summed E-state index contributed by atoms with van der Waals surface area (Å²) in [6.07, 6.45) is 0.728. The van der Waals surface area contributed by atoms with Crippen molar-refractivity contribution in [2.24, 2.45) is 0 Å². The van der Waals surface area contributed by atoms with Crippen molar-refractivity contribution in [3.63, 3.8) is 0 Å². The number of nitro benzene ring substituents is 1. The summed E-state index contributed by atoms with van der Waals surface area (Å²) in [4.78, 5) is 10.5. The van der Waals surface area contributed by atoms with Crippen LogP contribution in [0.4, 0.5) is 5.69 Å². The van der Waals surface area contributed by atoms with Gasteiger partial charge in [0.2, 0.25) is 0 Å². The van der Waals surface area contributed by atoms with Gasteiger partial charge in [-0.05, 0) is 24.1 Å². The lowest BCUT2D eigenvalue weighted by Crippen LogP contribution is -2.03. The van der Waals surface area contributed by atoms with E-state index < -0.39 is 4.92 Å². The first-order valence-electron chi connectivity index (χ1n) is 6.08. The van der Waals surface area contributed by atoms with Crippen LogP contribution in [0.2, 0.25) is 0 Å². The molecular weight excluding hydrogens is 242 g/mol.